The number of aromatic nitrogens is 2. The van der Waals surface area contributed by atoms with Crippen molar-refractivity contribution in [3.8, 4) is 5.69 Å². The van der Waals surface area contributed by atoms with Crippen molar-refractivity contribution >= 4 is 5.91 Å². The zero-order valence-electron chi connectivity index (χ0n) is 13.5. The average Bonchev–Trinajstić information content (AvgIpc) is 3.19. The number of hydrogen-bond acceptors (Lipinski definition) is 3. The minimum absolute atomic E-state index is 0.0947. The number of fused-ring (bicyclic) bond motifs is 1. The van der Waals surface area contributed by atoms with Gasteiger partial charge in [-0.25, -0.2) is 9.07 Å². The Labute approximate surface area is 140 Å². The van der Waals surface area contributed by atoms with Gasteiger partial charge >= 0.3 is 0 Å². The van der Waals surface area contributed by atoms with Gasteiger partial charge in [0.1, 0.15) is 5.82 Å². The fourth-order valence-corrected chi connectivity index (χ4v) is 3.64. The molecule has 1 atom stereocenters. The molecule has 24 heavy (non-hydrogen) atoms. The number of nitrogens with zero attached hydrogens (tertiary/aromatic N) is 2. The molecule has 4 rings (SSSR count). The first-order chi connectivity index (χ1) is 11.7. The maximum atomic E-state index is 13.2. The van der Waals surface area contributed by atoms with Gasteiger partial charge in [0.05, 0.1) is 5.69 Å². The fourth-order valence-electron chi connectivity index (χ4n) is 3.64. The van der Waals surface area contributed by atoms with Crippen LogP contribution >= 0.6 is 0 Å². The van der Waals surface area contributed by atoms with Crippen molar-refractivity contribution in [3.63, 3.8) is 0 Å². The van der Waals surface area contributed by atoms with E-state index in [-0.39, 0.29) is 17.8 Å². The summed E-state index contributed by atoms with van der Waals surface area (Å²) in [5, 5.41) is 11.0. The minimum Gasteiger partial charge on any atom is -0.347 e. The molecule has 1 aromatic heterocycles. The molecule has 5 nitrogen and oxygen atoms in total. The second kappa shape index (κ2) is 6.36. The topological polar surface area (TPSA) is 59.0 Å². The Balaban J connectivity index is 1.63. The lowest BCUT2D eigenvalue weighted by atomic mass is 10.1. The third kappa shape index (κ3) is 2.82. The van der Waals surface area contributed by atoms with E-state index in [2.05, 4.69) is 15.7 Å². The van der Waals surface area contributed by atoms with E-state index in [4.69, 9.17) is 0 Å². The number of piperidine rings is 1. The van der Waals surface area contributed by atoms with Gasteiger partial charge in [0, 0.05) is 23.8 Å². The smallest absolute Gasteiger partial charge is 0.272 e. The predicted molar refractivity (Wildman–Crippen MR) is 88.9 cm³/mol. The largest absolute Gasteiger partial charge is 0.347 e. The quantitative estimate of drug-likeness (QED) is 0.906. The monoisotopic (exact) mass is 328 g/mol. The minimum atomic E-state index is -0.273. The highest BCUT2D eigenvalue weighted by Gasteiger charge is 2.28. The van der Waals surface area contributed by atoms with Gasteiger partial charge in [-0.05, 0) is 62.9 Å². The summed E-state index contributed by atoms with van der Waals surface area (Å²) in [6.07, 6.45) is 4.88. The van der Waals surface area contributed by atoms with Gasteiger partial charge in [0.2, 0.25) is 0 Å². The zero-order chi connectivity index (χ0) is 16.5. The summed E-state index contributed by atoms with van der Waals surface area (Å²) in [4.78, 5) is 12.7. The Hall–Kier alpha value is -2.21. The molecule has 0 bridgehead atoms. The van der Waals surface area contributed by atoms with E-state index in [1.54, 1.807) is 16.8 Å². The van der Waals surface area contributed by atoms with E-state index >= 15 is 0 Å². The fraction of sp³-hybridized carbons (Fsp3) is 0.444. The number of hydrogen-bond donors (Lipinski definition) is 2. The van der Waals surface area contributed by atoms with Gasteiger partial charge in [-0.3, -0.25) is 4.79 Å². The van der Waals surface area contributed by atoms with Crippen LogP contribution in [0, 0.1) is 5.82 Å². The van der Waals surface area contributed by atoms with E-state index in [0.717, 1.165) is 62.1 Å². The molecule has 1 amide bonds. The molecule has 0 radical (unpaired) electrons. The van der Waals surface area contributed by atoms with Crippen molar-refractivity contribution in [2.45, 2.75) is 38.1 Å². The molecule has 1 aliphatic carbocycles. The first-order valence-corrected chi connectivity index (χ1v) is 8.60. The molecular formula is C18H21FN4O. The van der Waals surface area contributed by atoms with Crippen molar-refractivity contribution in [1.29, 1.82) is 0 Å². The van der Waals surface area contributed by atoms with Gasteiger partial charge in [-0.15, -0.1) is 0 Å². The Kier molecular flexibility index (Phi) is 4.06. The van der Waals surface area contributed by atoms with Crippen LogP contribution in [0.2, 0.25) is 0 Å². The Bertz CT molecular complexity index is 747. The lowest BCUT2D eigenvalue weighted by Crippen LogP contribution is -2.45. The molecule has 2 N–H and O–H groups in total. The van der Waals surface area contributed by atoms with E-state index < -0.39 is 0 Å². The highest BCUT2D eigenvalue weighted by molar-refractivity contribution is 5.94. The number of nitrogens with one attached hydrogen (secondary N) is 2. The van der Waals surface area contributed by atoms with Crippen molar-refractivity contribution in [2.75, 3.05) is 13.1 Å². The molecule has 0 saturated carbocycles. The Morgan fingerprint density at radius 2 is 2.08 bits per heavy atom. The van der Waals surface area contributed by atoms with Crippen LogP contribution < -0.4 is 10.6 Å². The predicted octanol–water partition coefficient (Wildman–Crippen LogP) is 1.98. The molecule has 0 spiro atoms. The van der Waals surface area contributed by atoms with Crippen molar-refractivity contribution in [1.82, 2.24) is 20.4 Å². The third-order valence-electron chi connectivity index (χ3n) is 4.85. The molecule has 2 heterocycles. The number of benzene rings is 1. The molecule has 1 aliphatic heterocycles. The zero-order valence-corrected chi connectivity index (χ0v) is 13.5. The number of rotatable bonds is 3. The first-order valence-electron chi connectivity index (χ1n) is 8.60. The molecule has 126 valence electrons. The average molecular weight is 328 g/mol. The first kappa shape index (κ1) is 15.3. The van der Waals surface area contributed by atoms with Crippen LogP contribution in [-0.4, -0.2) is 34.8 Å². The molecule has 1 aromatic carbocycles. The highest BCUT2D eigenvalue weighted by Crippen LogP contribution is 2.28. The molecule has 1 fully saturated rings. The second-order valence-electron chi connectivity index (χ2n) is 6.53. The molecule has 2 aliphatic rings. The van der Waals surface area contributed by atoms with Gasteiger partial charge in [-0.1, -0.05) is 0 Å². The Morgan fingerprint density at radius 3 is 2.83 bits per heavy atom. The highest BCUT2D eigenvalue weighted by atomic mass is 19.1. The van der Waals surface area contributed by atoms with Crippen LogP contribution in [0.25, 0.3) is 5.69 Å². The lowest BCUT2D eigenvalue weighted by molar-refractivity contribution is 0.0924. The van der Waals surface area contributed by atoms with Crippen LogP contribution in [0.5, 0.6) is 0 Å². The van der Waals surface area contributed by atoms with Crippen molar-refractivity contribution in [2.24, 2.45) is 0 Å². The number of halogens is 1. The van der Waals surface area contributed by atoms with E-state index in [9.17, 15) is 9.18 Å². The normalized spacial score (nSPS) is 20.0. The van der Waals surface area contributed by atoms with Crippen molar-refractivity contribution < 1.29 is 9.18 Å². The van der Waals surface area contributed by atoms with Crippen LogP contribution in [0.4, 0.5) is 4.39 Å². The second-order valence-corrected chi connectivity index (χ2v) is 6.53. The summed E-state index contributed by atoms with van der Waals surface area (Å²) in [6, 6.07) is 6.41. The standard InChI is InChI=1S/C18H21FN4O/c19-12-6-8-14(9-7-12)23-16-5-1-4-15(16)17(22-23)18(24)21-13-3-2-10-20-11-13/h6-9,13,20H,1-5,10-11H2,(H,21,24)/t13-/m0/s1. The third-order valence-corrected chi connectivity index (χ3v) is 4.85. The van der Waals surface area contributed by atoms with Crippen LogP contribution in [0.3, 0.4) is 0 Å². The summed E-state index contributed by atoms with van der Waals surface area (Å²) in [5.74, 6) is -0.368. The van der Waals surface area contributed by atoms with Gasteiger partial charge < -0.3 is 10.6 Å². The van der Waals surface area contributed by atoms with Crippen LogP contribution in [0.1, 0.15) is 41.0 Å². The van der Waals surface area contributed by atoms with E-state index in [1.807, 2.05) is 0 Å². The summed E-state index contributed by atoms with van der Waals surface area (Å²) in [6.45, 7) is 1.83. The Morgan fingerprint density at radius 1 is 1.25 bits per heavy atom. The maximum Gasteiger partial charge on any atom is 0.272 e. The van der Waals surface area contributed by atoms with Crippen molar-refractivity contribution in [3.05, 3.63) is 47.0 Å². The molecule has 1 saturated heterocycles. The van der Waals surface area contributed by atoms with Crippen LogP contribution in [0.15, 0.2) is 24.3 Å². The van der Waals surface area contributed by atoms with Crippen LogP contribution in [-0.2, 0) is 12.8 Å². The van der Waals surface area contributed by atoms with E-state index in [0.29, 0.717) is 5.69 Å². The molecule has 2 aromatic rings. The number of carbonyl (C=O) groups excluding carboxylic acids is 1. The molecular weight excluding hydrogens is 307 g/mol. The summed E-state index contributed by atoms with van der Waals surface area (Å²) in [7, 11) is 0. The summed E-state index contributed by atoms with van der Waals surface area (Å²) in [5.41, 5.74) is 3.44. The SMILES string of the molecule is O=C(N[C@H]1CCCNC1)c1nn(-c2ccc(F)cc2)c2c1CCC2. The summed E-state index contributed by atoms with van der Waals surface area (Å²) >= 11 is 0. The summed E-state index contributed by atoms with van der Waals surface area (Å²) < 4.78 is 15.0. The lowest BCUT2D eigenvalue weighted by Gasteiger charge is -2.23. The van der Waals surface area contributed by atoms with Gasteiger partial charge in [-0.2, -0.15) is 5.10 Å². The maximum absolute atomic E-state index is 13.2. The van der Waals surface area contributed by atoms with Gasteiger partial charge in [0.15, 0.2) is 5.69 Å². The number of amides is 1. The molecule has 0 unspecified atom stereocenters. The molecule has 6 heteroatoms. The van der Waals surface area contributed by atoms with E-state index in [1.165, 1.54) is 12.1 Å². The van der Waals surface area contributed by atoms with Gasteiger partial charge in [0.25, 0.3) is 5.91 Å². The number of carbonyl (C=O) groups is 1.